The lowest BCUT2D eigenvalue weighted by Gasteiger charge is -2.25. The third-order valence-electron chi connectivity index (χ3n) is 3.13. The molecule has 0 aromatic rings. The molecule has 2 fully saturated rings. The number of hydrogen-bond acceptors (Lipinski definition) is 2. The number of carbonyl (C=O) groups excluding carboxylic acids is 1. The summed E-state index contributed by atoms with van der Waals surface area (Å²) >= 11 is 0. The van der Waals surface area contributed by atoms with Crippen LogP contribution in [0.2, 0.25) is 0 Å². The molecular formula is C9H13O3. The molecule has 2 rings (SSSR count). The Morgan fingerprint density at radius 3 is 2.50 bits per heavy atom. The topological polar surface area (TPSA) is 46.2 Å². The molecule has 2 aliphatic carbocycles. The maximum Gasteiger partial charge on any atom is 0.336 e. The number of fused-ring (bicyclic) bond motifs is 2. The third kappa shape index (κ3) is 1.22. The highest BCUT2D eigenvalue weighted by Gasteiger charge is 2.47. The van der Waals surface area contributed by atoms with Crippen molar-refractivity contribution in [2.45, 2.75) is 37.7 Å². The van der Waals surface area contributed by atoms with Gasteiger partial charge in [-0.25, -0.2) is 9.90 Å². The van der Waals surface area contributed by atoms with Crippen molar-refractivity contribution in [2.24, 2.45) is 5.92 Å². The lowest BCUT2D eigenvalue weighted by molar-refractivity contribution is -0.164. The van der Waals surface area contributed by atoms with Crippen LogP contribution in [0.3, 0.4) is 0 Å². The molecule has 2 saturated carbocycles. The maximum absolute atomic E-state index is 10.8. The van der Waals surface area contributed by atoms with E-state index in [1.54, 1.807) is 0 Å². The summed E-state index contributed by atoms with van der Waals surface area (Å²) in [4.78, 5) is 10.8. The van der Waals surface area contributed by atoms with Gasteiger partial charge in [-0.15, -0.1) is 0 Å². The van der Waals surface area contributed by atoms with Crippen molar-refractivity contribution in [1.29, 1.82) is 0 Å². The Morgan fingerprint density at radius 1 is 1.42 bits per heavy atom. The highest BCUT2D eigenvalue weighted by molar-refractivity contribution is 5.70. The molecule has 0 heterocycles. The van der Waals surface area contributed by atoms with E-state index in [0.29, 0.717) is 0 Å². The van der Waals surface area contributed by atoms with Crippen LogP contribution in [0.1, 0.15) is 32.1 Å². The summed E-state index contributed by atoms with van der Waals surface area (Å²) in [5.74, 6) is 0.182. The largest absolute Gasteiger partial charge is 0.457 e. The molecule has 0 saturated heterocycles. The summed E-state index contributed by atoms with van der Waals surface area (Å²) < 4.78 is 5.19. The molecule has 0 aromatic heterocycles. The summed E-state index contributed by atoms with van der Waals surface area (Å²) in [6.45, 7) is -0.730. The predicted octanol–water partition coefficient (Wildman–Crippen LogP) is 1.29. The minimum Gasteiger partial charge on any atom is -0.457 e. The van der Waals surface area contributed by atoms with E-state index in [1.165, 1.54) is 12.8 Å². The fourth-order valence-corrected chi connectivity index (χ4v) is 2.55. The van der Waals surface area contributed by atoms with E-state index >= 15 is 0 Å². The summed E-state index contributed by atoms with van der Waals surface area (Å²) in [6.07, 6.45) is 5.30. The van der Waals surface area contributed by atoms with E-state index in [4.69, 9.17) is 4.74 Å². The van der Waals surface area contributed by atoms with E-state index in [9.17, 15) is 9.90 Å². The second kappa shape index (κ2) is 2.73. The van der Waals surface area contributed by atoms with Crippen LogP contribution in [0.25, 0.3) is 0 Å². The van der Waals surface area contributed by atoms with Gasteiger partial charge in [-0.3, -0.25) is 0 Å². The number of hydrogen-bond donors (Lipinski definition) is 0. The maximum atomic E-state index is 10.8. The first-order chi connectivity index (χ1) is 5.74. The van der Waals surface area contributed by atoms with Gasteiger partial charge in [-0.1, -0.05) is 0 Å². The van der Waals surface area contributed by atoms with Gasteiger partial charge < -0.3 is 4.74 Å². The Morgan fingerprint density at radius 2 is 2.08 bits per heavy atom. The van der Waals surface area contributed by atoms with Gasteiger partial charge in [0.05, 0.1) is 0 Å². The summed E-state index contributed by atoms with van der Waals surface area (Å²) in [7, 11) is 0. The number of esters is 1. The lowest BCUT2D eigenvalue weighted by atomic mass is 9.97. The first-order valence-electron chi connectivity index (χ1n) is 4.54. The van der Waals surface area contributed by atoms with E-state index < -0.39 is 12.6 Å². The van der Waals surface area contributed by atoms with Gasteiger partial charge in [-0.05, 0) is 38.0 Å². The normalized spacial score (nSPS) is 38.6. The van der Waals surface area contributed by atoms with Crippen molar-refractivity contribution in [2.75, 3.05) is 6.61 Å². The van der Waals surface area contributed by atoms with Crippen molar-refractivity contribution in [3.63, 3.8) is 0 Å². The quantitative estimate of drug-likeness (QED) is 0.585. The number of ether oxygens (including phenoxy) is 1. The molecular weight excluding hydrogens is 156 g/mol. The molecule has 12 heavy (non-hydrogen) atoms. The Balaban J connectivity index is 1.98. The van der Waals surface area contributed by atoms with E-state index in [1.807, 2.05) is 0 Å². The zero-order chi connectivity index (χ0) is 8.60. The molecule has 0 atom stereocenters. The lowest BCUT2D eigenvalue weighted by Crippen LogP contribution is -2.31. The van der Waals surface area contributed by atoms with E-state index in [0.717, 1.165) is 25.2 Å². The number of carbonyl (C=O) groups is 1. The molecule has 2 bridgehead atoms. The summed E-state index contributed by atoms with van der Waals surface area (Å²) in [5.41, 5.74) is -0.216. The third-order valence-corrected chi connectivity index (χ3v) is 3.13. The van der Waals surface area contributed by atoms with Gasteiger partial charge in [0, 0.05) is 0 Å². The molecule has 0 unspecified atom stereocenters. The first kappa shape index (κ1) is 8.05. The van der Waals surface area contributed by atoms with Crippen LogP contribution in [0, 0.1) is 5.92 Å². The van der Waals surface area contributed by atoms with Crippen LogP contribution in [-0.4, -0.2) is 18.2 Å². The SMILES string of the molecule is [O]CC(=O)OC12CCC(CC1)C2. The van der Waals surface area contributed by atoms with Crippen LogP contribution in [0.4, 0.5) is 0 Å². The van der Waals surface area contributed by atoms with Gasteiger partial charge in [-0.2, -0.15) is 0 Å². The highest BCUT2D eigenvalue weighted by Crippen LogP contribution is 2.49. The molecule has 1 radical (unpaired) electrons. The van der Waals surface area contributed by atoms with E-state index in [2.05, 4.69) is 0 Å². The number of rotatable bonds is 2. The minimum atomic E-state index is -0.730. The molecule has 0 N–H and O–H groups in total. The Bertz CT molecular complexity index is 192. The van der Waals surface area contributed by atoms with Crippen molar-refractivity contribution < 1.29 is 14.6 Å². The first-order valence-corrected chi connectivity index (χ1v) is 4.54. The molecule has 0 aromatic carbocycles. The molecule has 3 nitrogen and oxygen atoms in total. The van der Waals surface area contributed by atoms with Crippen molar-refractivity contribution in [3.8, 4) is 0 Å². The minimum absolute atomic E-state index is 0.216. The Labute approximate surface area is 71.7 Å². The predicted molar refractivity (Wildman–Crippen MR) is 41.0 cm³/mol. The molecule has 2 aliphatic rings. The standard InChI is InChI=1S/C9H13O3/c10-6-8(11)12-9-3-1-7(5-9)2-4-9/h7H,1-6H2. The van der Waals surface area contributed by atoms with Gasteiger partial charge >= 0.3 is 5.97 Å². The smallest absolute Gasteiger partial charge is 0.336 e. The Kier molecular flexibility index (Phi) is 1.83. The van der Waals surface area contributed by atoms with Crippen molar-refractivity contribution in [1.82, 2.24) is 0 Å². The molecule has 0 spiro atoms. The van der Waals surface area contributed by atoms with Crippen LogP contribution < -0.4 is 0 Å². The van der Waals surface area contributed by atoms with Crippen molar-refractivity contribution >= 4 is 5.97 Å². The fraction of sp³-hybridized carbons (Fsp3) is 0.889. The van der Waals surface area contributed by atoms with Gasteiger partial charge in [0.25, 0.3) is 0 Å². The van der Waals surface area contributed by atoms with E-state index in [-0.39, 0.29) is 5.60 Å². The van der Waals surface area contributed by atoms with Crippen LogP contribution >= 0.6 is 0 Å². The molecule has 0 amide bonds. The Hall–Kier alpha value is -0.570. The second-order valence-corrected chi connectivity index (χ2v) is 3.95. The molecule has 0 aliphatic heterocycles. The molecule has 3 heteroatoms. The fourth-order valence-electron chi connectivity index (χ4n) is 2.55. The summed E-state index contributed by atoms with van der Waals surface area (Å²) in [5, 5.41) is 10.2. The van der Waals surface area contributed by atoms with Crippen molar-refractivity contribution in [3.05, 3.63) is 0 Å². The van der Waals surface area contributed by atoms with Gasteiger partial charge in [0.2, 0.25) is 0 Å². The van der Waals surface area contributed by atoms with Crippen LogP contribution in [-0.2, 0) is 14.6 Å². The average molecular weight is 169 g/mol. The summed E-state index contributed by atoms with van der Waals surface area (Å²) in [6, 6.07) is 0. The highest BCUT2D eigenvalue weighted by atomic mass is 16.6. The zero-order valence-corrected chi connectivity index (χ0v) is 7.04. The van der Waals surface area contributed by atoms with Crippen LogP contribution in [0.15, 0.2) is 0 Å². The van der Waals surface area contributed by atoms with Crippen LogP contribution in [0.5, 0.6) is 0 Å². The monoisotopic (exact) mass is 169 g/mol. The second-order valence-electron chi connectivity index (χ2n) is 3.95. The average Bonchev–Trinajstić information content (AvgIpc) is 2.63. The van der Waals surface area contributed by atoms with Gasteiger partial charge in [0.1, 0.15) is 5.60 Å². The van der Waals surface area contributed by atoms with Gasteiger partial charge in [0.15, 0.2) is 6.61 Å². The molecule has 67 valence electrons. The zero-order valence-electron chi connectivity index (χ0n) is 7.04.